The first kappa shape index (κ1) is 16.3. The first-order valence-electron chi connectivity index (χ1n) is 8.69. The minimum atomic E-state index is 0.203. The maximum atomic E-state index is 5.25. The van der Waals surface area contributed by atoms with Crippen LogP contribution in [0.4, 0.5) is 5.82 Å². The molecule has 0 radical (unpaired) electrons. The fourth-order valence-electron chi connectivity index (χ4n) is 3.18. The van der Waals surface area contributed by atoms with Crippen molar-refractivity contribution in [2.45, 2.75) is 33.2 Å². The van der Waals surface area contributed by atoms with Gasteiger partial charge in [-0.2, -0.15) is 0 Å². The fraction of sp³-hybridized carbons (Fsp3) is 0.250. The monoisotopic (exact) mass is 347 g/mol. The molecule has 4 rings (SSSR count). The lowest BCUT2D eigenvalue weighted by molar-refractivity contribution is 0.392. The summed E-state index contributed by atoms with van der Waals surface area (Å²) in [7, 11) is 0. The normalized spacial score (nSPS) is 12.4. The maximum absolute atomic E-state index is 5.25. The summed E-state index contributed by atoms with van der Waals surface area (Å²) in [5.41, 5.74) is 4.10. The first-order chi connectivity index (χ1) is 12.6. The number of hydrogen-bond donors (Lipinski definition) is 1. The molecule has 0 aliphatic rings. The van der Waals surface area contributed by atoms with Crippen molar-refractivity contribution < 1.29 is 4.52 Å². The van der Waals surface area contributed by atoms with Gasteiger partial charge in [0.05, 0.1) is 16.7 Å². The highest BCUT2D eigenvalue weighted by atomic mass is 16.5. The van der Waals surface area contributed by atoms with Crippen LogP contribution in [0.1, 0.15) is 23.9 Å². The third-order valence-corrected chi connectivity index (χ3v) is 4.52. The smallest absolute Gasteiger partial charge is 0.140 e. The number of benzene rings is 1. The van der Waals surface area contributed by atoms with E-state index in [2.05, 4.69) is 22.4 Å². The molecule has 3 heterocycles. The molecule has 6 heteroatoms. The zero-order valence-electron chi connectivity index (χ0n) is 15.1. The summed E-state index contributed by atoms with van der Waals surface area (Å²) in [6.45, 7) is 6.06. The molecule has 26 heavy (non-hydrogen) atoms. The minimum absolute atomic E-state index is 0.203. The summed E-state index contributed by atoms with van der Waals surface area (Å²) in [6.07, 6.45) is 2.64. The van der Waals surface area contributed by atoms with Crippen molar-refractivity contribution in [1.82, 2.24) is 19.7 Å². The number of rotatable bonds is 5. The highest BCUT2D eigenvalue weighted by Gasteiger charge is 2.13. The largest absolute Gasteiger partial charge is 0.367 e. The van der Waals surface area contributed by atoms with Gasteiger partial charge < -0.3 is 9.84 Å². The molecule has 0 aliphatic carbocycles. The van der Waals surface area contributed by atoms with Gasteiger partial charge in [0, 0.05) is 11.6 Å². The lowest BCUT2D eigenvalue weighted by Gasteiger charge is -2.15. The predicted octanol–water partition coefficient (Wildman–Crippen LogP) is 4.07. The van der Waals surface area contributed by atoms with Gasteiger partial charge in [-0.05, 0) is 51.5 Å². The number of fused-ring (bicyclic) bond motifs is 1. The Morgan fingerprint density at radius 2 is 1.96 bits per heavy atom. The van der Waals surface area contributed by atoms with Gasteiger partial charge in [0.1, 0.15) is 23.7 Å². The minimum Gasteiger partial charge on any atom is -0.367 e. The van der Waals surface area contributed by atoms with Crippen LogP contribution in [-0.2, 0) is 6.42 Å². The number of nitrogens with zero attached hydrogens (tertiary/aromatic N) is 4. The molecule has 0 amide bonds. The number of pyridine rings is 1. The molecule has 0 bridgehead atoms. The third-order valence-electron chi connectivity index (χ3n) is 4.52. The van der Waals surface area contributed by atoms with Crippen molar-refractivity contribution in [3.05, 3.63) is 65.8 Å². The van der Waals surface area contributed by atoms with E-state index in [4.69, 9.17) is 9.51 Å². The highest BCUT2D eigenvalue weighted by Crippen LogP contribution is 2.19. The van der Waals surface area contributed by atoms with Crippen LogP contribution in [0, 0.1) is 13.8 Å². The first-order valence-corrected chi connectivity index (χ1v) is 8.69. The summed E-state index contributed by atoms with van der Waals surface area (Å²) >= 11 is 0. The second-order valence-corrected chi connectivity index (χ2v) is 6.54. The lowest BCUT2D eigenvalue weighted by atomic mass is 10.1. The van der Waals surface area contributed by atoms with Crippen LogP contribution >= 0.6 is 0 Å². The number of aromatic nitrogens is 4. The quantitative estimate of drug-likeness (QED) is 0.589. The molecule has 0 saturated carbocycles. The van der Waals surface area contributed by atoms with Gasteiger partial charge in [-0.1, -0.05) is 23.4 Å². The van der Waals surface area contributed by atoms with E-state index in [0.717, 1.165) is 46.1 Å². The van der Waals surface area contributed by atoms with Crippen LogP contribution in [0.2, 0.25) is 0 Å². The highest BCUT2D eigenvalue weighted by molar-refractivity contribution is 5.76. The molecule has 0 aliphatic heterocycles. The van der Waals surface area contributed by atoms with Gasteiger partial charge >= 0.3 is 0 Å². The van der Waals surface area contributed by atoms with Gasteiger partial charge in [-0.3, -0.25) is 4.57 Å². The van der Waals surface area contributed by atoms with Gasteiger partial charge in [0.15, 0.2) is 0 Å². The Bertz CT molecular complexity index is 1030. The molecule has 1 aromatic carbocycles. The van der Waals surface area contributed by atoms with Crippen LogP contribution in [0.15, 0.2) is 53.3 Å². The molecule has 1 N–H and O–H groups in total. The standard InChI is InChI=1S/C20H21N5O/c1-13(11-16-14(2)24-26-15(16)3)22-19-9-6-10-20(23-19)25-12-21-17-7-4-5-8-18(17)25/h4-10,12-13H,11H2,1-3H3,(H,22,23). The Morgan fingerprint density at radius 3 is 2.77 bits per heavy atom. The van der Waals surface area contributed by atoms with E-state index in [1.165, 1.54) is 0 Å². The van der Waals surface area contributed by atoms with Crippen LogP contribution in [0.5, 0.6) is 0 Å². The van der Waals surface area contributed by atoms with E-state index in [1.54, 1.807) is 0 Å². The maximum Gasteiger partial charge on any atom is 0.140 e. The fourth-order valence-corrected chi connectivity index (χ4v) is 3.18. The molecule has 0 fully saturated rings. The van der Waals surface area contributed by atoms with E-state index in [-0.39, 0.29) is 6.04 Å². The number of nitrogens with one attached hydrogen (secondary N) is 1. The average Bonchev–Trinajstić information content (AvgIpc) is 3.20. The van der Waals surface area contributed by atoms with Crippen molar-refractivity contribution in [3.8, 4) is 5.82 Å². The SMILES string of the molecule is Cc1noc(C)c1CC(C)Nc1cccc(-n2cnc3ccccc32)n1. The molecule has 0 saturated heterocycles. The Balaban J connectivity index is 1.56. The molecular weight excluding hydrogens is 326 g/mol. The van der Waals surface area contributed by atoms with E-state index >= 15 is 0 Å². The van der Waals surface area contributed by atoms with Gasteiger partial charge in [0.2, 0.25) is 0 Å². The summed E-state index contributed by atoms with van der Waals surface area (Å²) in [6, 6.07) is 14.2. The topological polar surface area (TPSA) is 68.8 Å². The lowest BCUT2D eigenvalue weighted by Crippen LogP contribution is -2.19. The molecule has 1 atom stereocenters. The average molecular weight is 347 g/mol. The zero-order valence-corrected chi connectivity index (χ0v) is 15.1. The predicted molar refractivity (Wildman–Crippen MR) is 102 cm³/mol. The number of imidazole rings is 1. The Morgan fingerprint density at radius 1 is 1.12 bits per heavy atom. The van der Waals surface area contributed by atoms with Crippen molar-refractivity contribution in [2.75, 3.05) is 5.32 Å². The second kappa shape index (κ2) is 6.63. The van der Waals surface area contributed by atoms with Gasteiger partial charge in [0.25, 0.3) is 0 Å². The number of hydrogen-bond acceptors (Lipinski definition) is 5. The summed E-state index contributed by atoms with van der Waals surface area (Å²) < 4.78 is 7.25. The zero-order chi connectivity index (χ0) is 18.1. The molecule has 1 unspecified atom stereocenters. The van der Waals surface area contributed by atoms with Crippen molar-refractivity contribution >= 4 is 16.9 Å². The molecule has 4 aromatic rings. The van der Waals surface area contributed by atoms with Crippen LogP contribution in [0.3, 0.4) is 0 Å². The Labute approximate surface area is 151 Å². The number of aryl methyl sites for hydroxylation is 2. The Hall–Kier alpha value is -3.15. The van der Waals surface area contributed by atoms with E-state index in [0.29, 0.717) is 0 Å². The van der Waals surface area contributed by atoms with Crippen molar-refractivity contribution in [3.63, 3.8) is 0 Å². The van der Waals surface area contributed by atoms with E-state index in [1.807, 2.05) is 67.2 Å². The second-order valence-electron chi connectivity index (χ2n) is 6.54. The van der Waals surface area contributed by atoms with Crippen molar-refractivity contribution in [1.29, 1.82) is 0 Å². The molecular formula is C20H21N5O. The van der Waals surface area contributed by atoms with Crippen LogP contribution in [-0.4, -0.2) is 25.7 Å². The summed E-state index contributed by atoms with van der Waals surface area (Å²) in [5, 5.41) is 7.50. The molecule has 3 aromatic heterocycles. The van der Waals surface area contributed by atoms with Crippen LogP contribution in [0.25, 0.3) is 16.9 Å². The third kappa shape index (κ3) is 3.06. The summed E-state index contributed by atoms with van der Waals surface area (Å²) in [5.74, 6) is 2.55. The molecule has 132 valence electrons. The van der Waals surface area contributed by atoms with Gasteiger partial charge in [-0.15, -0.1) is 0 Å². The molecule has 6 nitrogen and oxygen atoms in total. The van der Waals surface area contributed by atoms with E-state index in [9.17, 15) is 0 Å². The van der Waals surface area contributed by atoms with E-state index < -0.39 is 0 Å². The van der Waals surface area contributed by atoms with Crippen molar-refractivity contribution in [2.24, 2.45) is 0 Å². The summed E-state index contributed by atoms with van der Waals surface area (Å²) in [4.78, 5) is 9.19. The molecule has 0 spiro atoms. The number of anilines is 1. The number of para-hydroxylation sites is 2. The van der Waals surface area contributed by atoms with Crippen LogP contribution < -0.4 is 5.32 Å². The Kier molecular flexibility index (Phi) is 4.16. The van der Waals surface area contributed by atoms with Gasteiger partial charge in [-0.25, -0.2) is 9.97 Å².